The molecule has 0 aromatic heterocycles. The zero-order valence-electron chi connectivity index (χ0n) is 21.9. The lowest BCUT2D eigenvalue weighted by molar-refractivity contribution is -0.131. The van der Waals surface area contributed by atoms with Crippen LogP contribution in [0.2, 0.25) is 0 Å². The Labute approximate surface area is 225 Å². The number of halogens is 1. The van der Waals surface area contributed by atoms with Gasteiger partial charge in [0.15, 0.2) is 5.78 Å². The summed E-state index contributed by atoms with van der Waals surface area (Å²) in [5.74, 6) is -2.25. The number of benzene rings is 2. The van der Waals surface area contributed by atoms with E-state index < -0.39 is 19.2 Å². The van der Waals surface area contributed by atoms with Crippen molar-refractivity contribution < 1.29 is 42.4 Å². The van der Waals surface area contributed by atoms with Crippen LogP contribution in [0.4, 0.5) is 10.1 Å². The van der Waals surface area contributed by atoms with Crippen molar-refractivity contribution in [2.45, 2.75) is 52.0 Å². The second-order valence-corrected chi connectivity index (χ2v) is 10.1. The second kappa shape index (κ2) is 14.1. The highest BCUT2D eigenvalue weighted by Crippen LogP contribution is 2.41. The average Bonchev–Trinajstić information content (AvgIpc) is 2.84. The summed E-state index contributed by atoms with van der Waals surface area (Å²) in [4.78, 5) is 37.2. The van der Waals surface area contributed by atoms with Gasteiger partial charge in [-0.1, -0.05) is 18.2 Å². The number of Topliss-reactive ketones (excluding diaryl/α,β-unsaturated/α-hetero) is 3. The van der Waals surface area contributed by atoms with Gasteiger partial charge in [0.05, 0.1) is 24.6 Å². The molecule has 0 spiro atoms. The van der Waals surface area contributed by atoms with Crippen LogP contribution in [0.1, 0.15) is 58.3 Å². The normalized spacial score (nSPS) is 17.1. The standard InChI is InChI=1S/C29H36FNO6.H2O.2H2/c1-17(15-30)31-22-5-3-20(4-6-22)23-7-8-26(35)29-24(23)13-19(14-28(29)37)12-21(9-10-32)25(16-33)27(36)11-18(2)34;;;/h3-8,17,19,21,25,31-33,35H,9-16H2,1-2H3;1H2;2*1H. The Balaban J connectivity index is 0.00000507. The fraction of sp³-hybridized carbons (Fsp3) is 0.483. The summed E-state index contributed by atoms with van der Waals surface area (Å²) in [6, 6.07) is 10.4. The van der Waals surface area contributed by atoms with Crippen LogP contribution in [-0.4, -0.2) is 64.1 Å². The van der Waals surface area contributed by atoms with Gasteiger partial charge in [0, 0.05) is 27.5 Å². The highest BCUT2D eigenvalue weighted by atomic mass is 19.1. The van der Waals surface area contributed by atoms with Crippen LogP contribution in [0.15, 0.2) is 36.4 Å². The van der Waals surface area contributed by atoms with E-state index in [0.717, 1.165) is 22.4 Å². The molecule has 38 heavy (non-hydrogen) atoms. The molecule has 0 saturated heterocycles. The number of phenolic OH excluding ortho intramolecular Hbond substituents is 1. The van der Waals surface area contributed by atoms with Crippen LogP contribution in [-0.2, 0) is 16.0 Å². The first-order chi connectivity index (χ1) is 17.7. The number of hydrogen-bond donors (Lipinski definition) is 4. The van der Waals surface area contributed by atoms with E-state index in [1.165, 1.54) is 13.0 Å². The van der Waals surface area contributed by atoms with Gasteiger partial charge >= 0.3 is 0 Å². The van der Waals surface area contributed by atoms with Crippen molar-refractivity contribution in [2.75, 3.05) is 25.2 Å². The van der Waals surface area contributed by atoms with E-state index >= 15 is 0 Å². The van der Waals surface area contributed by atoms with E-state index in [2.05, 4.69) is 5.32 Å². The number of nitrogens with one attached hydrogen (secondary N) is 1. The number of hydrogen-bond acceptors (Lipinski definition) is 7. The second-order valence-electron chi connectivity index (χ2n) is 10.1. The van der Waals surface area contributed by atoms with Crippen molar-refractivity contribution >= 4 is 23.0 Å². The van der Waals surface area contributed by atoms with Gasteiger partial charge in [0.2, 0.25) is 0 Å². The van der Waals surface area contributed by atoms with Gasteiger partial charge in [0.25, 0.3) is 0 Å². The summed E-state index contributed by atoms with van der Waals surface area (Å²) in [5, 5.41) is 33.1. The highest BCUT2D eigenvalue weighted by Gasteiger charge is 2.35. The lowest BCUT2D eigenvalue weighted by Crippen LogP contribution is -2.32. The Morgan fingerprint density at radius 2 is 1.82 bits per heavy atom. The maximum atomic E-state index is 13.2. The minimum absolute atomic E-state index is 0. The molecule has 0 saturated carbocycles. The van der Waals surface area contributed by atoms with Gasteiger partial charge < -0.3 is 26.1 Å². The summed E-state index contributed by atoms with van der Waals surface area (Å²) in [6.45, 7) is 1.96. The van der Waals surface area contributed by atoms with Crippen LogP contribution in [0.3, 0.4) is 0 Å². The Bertz CT molecular complexity index is 1130. The monoisotopic (exact) mass is 535 g/mol. The van der Waals surface area contributed by atoms with Crippen molar-refractivity contribution in [3.05, 3.63) is 47.5 Å². The molecule has 4 unspecified atom stereocenters. The molecule has 0 amide bonds. The molecule has 1 aliphatic carbocycles. The van der Waals surface area contributed by atoms with E-state index in [9.17, 15) is 34.1 Å². The van der Waals surface area contributed by atoms with Crippen LogP contribution in [0.25, 0.3) is 11.1 Å². The van der Waals surface area contributed by atoms with E-state index in [1.54, 1.807) is 13.0 Å². The molecule has 9 heteroatoms. The third-order valence-corrected chi connectivity index (χ3v) is 7.12. The number of anilines is 1. The Morgan fingerprint density at radius 3 is 2.39 bits per heavy atom. The summed E-state index contributed by atoms with van der Waals surface area (Å²) in [5.41, 5.74) is 3.44. The summed E-state index contributed by atoms with van der Waals surface area (Å²) >= 11 is 0. The number of aliphatic hydroxyl groups excluding tert-OH is 2. The molecule has 212 valence electrons. The van der Waals surface area contributed by atoms with Crippen LogP contribution >= 0.6 is 0 Å². The number of rotatable bonds is 13. The Hall–Kier alpha value is -3.14. The van der Waals surface area contributed by atoms with Crippen molar-refractivity contribution in [3.8, 4) is 16.9 Å². The van der Waals surface area contributed by atoms with Crippen molar-refractivity contribution in [1.82, 2.24) is 0 Å². The number of alkyl halides is 1. The summed E-state index contributed by atoms with van der Waals surface area (Å²) < 4.78 is 12.8. The SMILES string of the molecule is CC(=O)CC(=O)C(CO)C(CCO)CC1CC(=O)c2c(O)ccc(-c3ccc(NC(C)CF)cc3)c2C1.O.[HH].[HH]. The number of aliphatic hydroxyl groups is 2. The third kappa shape index (κ3) is 7.46. The van der Waals surface area contributed by atoms with Crippen molar-refractivity contribution in [1.29, 1.82) is 0 Å². The topological polar surface area (TPSA) is 155 Å². The van der Waals surface area contributed by atoms with Crippen molar-refractivity contribution in [3.63, 3.8) is 0 Å². The van der Waals surface area contributed by atoms with Gasteiger partial charge in [0.1, 0.15) is 24.0 Å². The first kappa shape index (κ1) is 31.1. The summed E-state index contributed by atoms with van der Waals surface area (Å²) in [6.07, 6.45) is 1.07. The molecule has 2 aromatic rings. The molecule has 0 bridgehead atoms. The molecule has 0 aliphatic heterocycles. The molecular weight excluding hydrogens is 493 g/mol. The van der Waals surface area contributed by atoms with E-state index in [0.29, 0.717) is 18.4 Å². The molecule has 0 radical (unpaired) electrons. The molecule has 3 rings (SSSR count). The molecule has 8 nitrogen and oxygen atoms in total. The van der Waals surface area contributed by atoms with Gasteiger partial charge in [-0.05, 0) is 79.8 Å². The molecule has 6 N–H and O–H groups in total. The molecule has 1 aliphatic rings. The maximum absolute atomic E-state index is 13.2. The minimum atomic E-state index is -0.789. The lowest BCUT2D eigenvalue weighted by Gasteiger charge is -2.31. The fourth-order valence-corrected chi connectivity index (χ4v) is 5.36. The molecule has 0 heterocycles. The third-order valence-electron chi connectivity index (χ3n) is 7.12. The summed E-state index contributed by atoms with van der Waals surface area (Å²) in [7, 11) is 0. The molecular formula is C29H42FNO7. The smallest absolute Gasteiger partial charge is 0.167 e. The molecule has 2 aromatic carbocycles. The molecule has 4 atom stereocenters. The Kier molecular flexibility index (Phi) is 11.6. The first-order valence-electron chi connectivity index (χ1n) is 12.7. The lowest BCUT2D eigenvalue weighted by atomic mass is 9.72. The zero-order chi connectivity index (χ0) is 27.1. The van der Waals surface area contributed by atoms with E-state index in [1.807, 2.05) is 24.3 Å². The quantitative estimate of drug-likeness (QED) is 0.284. The number of aromatic hydroxyl groups is 1. The average molecular weight is 536 g/mol. The number of carbonyl (C=O) groups is 3. The first-order valence-corrected chi connectivity index (χ1v) is 12.7. The van der Waals surface area contributed by atoms with E-state index in [-0.39, 0.29) is 75.2 Å². The van der Waals surface area contributed by atoms with Crippen molar-refractivity contribution in [2.24, 2.45) is 17.8 Å². The van der Waals surface area contributed by atoms with Gasteiger partial charge in [-0.2, -0.15) is 0 Å². The molecule has 0 fully saturated rings. The van der Waals surface area contributed by atoms with Crippen LogP contribution < -0.4 is 5.32 Å². The Morgan fingerprint density at radius 1 is 1.13 bits per heavy atom. The highest BCUT2D eigenvalue weighted by molar-refractivity contribution is 6.03. The largest absolute Gasteiger partial charge is 0.507 e. The zero-order valence-corrected chi connectivity index (χ0v) is 21.9. The number of phenols is 1. The predicted molar refractivity (Wildman–Crippen MR) is 147 cm³/mol. The predicted octanol–water partition coefficient (Wildman–Crippen LogP) is 3.79. The van der Waals surface area contributed by atoms with Gasteiger partial charge in [-0.15, -0.1) is 0 Å². The number of carbonyl (C=O) groups excluding carboxylic acids is 3. The minimum Gasteiger partial charge on any atom is -0.507 e. The number of ketones is 3. The number of fused-ring (bicyclic) bond motifs is 1. The fourth-order valence-electron chi connectivity index (χ4n) is 5.36. The van der Waals surface area contributed by atoms with Gasteiger partial charge in [-0.25, -0.2) is 4.39 Å². The maximum Gasteiger partial charge on any atom is 0.167 e. The van der Waals surface area contributed by atoms with E-state index in [4.69, 9.17) is 0 Å². The van der Waals surface area contributed by atoms with Crippen LogP contribution in [0.5, 0.6) is 5.75 Å². The van der Waals surface area contributed by atoms with Crippen LogP contribution in [0, 0.1) is 17.8 Å². The van der Waals surface area contributed by atoms with Gasteiger partial charge in [-0.3, -0.25) is 14.4 Å².